The highest BCUT2D eigenvalue weighted by Gasteiger charge is 2.32. The van der Waals surface area contributed by atoms with E-state index in [2.05, 4.69) is 17.2 Å². The molecule has 5 nitrogen and oxygen atoms in total. The molecule has 0 bridgehead atoms. The fourth-order valence-electron chi connectivity index (χ4n) is 3.32. The molecular formula is C19H23N3O2. The number of carbonyl (C=O) groups excluding carboxylic acids is 2. The van der Waals surface area contributed by atoms with Crippen LogP contribution in [0.25, 0.3) is 10.9 Å². The van der Waals surface area contributed by atoms with Crippen molar-refractivity contribution in [1.29, 1.82) is 0 Å². The smallest absolute Gasteiger partial charge is 0.255 e. The first kappa shape index (κ1) is 16.4. The molecule has 0 spiro atoms. The zero-order valence-electron chi connectivity index (χ0n) is 14.4. The second-order valence-electron chi connectivity index (χ2n) is 6.23. The predicted octanol–water partition coefficient (Wildman–Crippen LogP) is 2.46. The van der Waals surface area contributed by atoms with E-state index in [0.29, 0.717) is 25.1 Å². The number of benzene rings is 1. The molecule has 1 aromatic heterocycles. The first-order chi connectivity index (χ1) is 11.5. The number of rotatable bonds is 3. The number of fused-ring (bicyclic) bond motifs is 1. The number of hydrogen-bond acceptors (Lipinski definition) is 3. The van der Waals surface area contributed by atoms with Gasteiger partial charge in [0.05, 0.1) is 11.1 Å². The van der Waals surface area contributed by atoms with Crippen LogP contribution in [0.1, 0.15) is 41.9 Å². The van der Waals surface area contributed by atoms with Crippen molar-refractivity contribution < 1.29 is 9.59 Å². The van der Waals surface area contributed by atoms with Crippen LogP contribution in [-0.4, -0.2) is 40.8 Å². The zero-order chi connectivity index (χ0) is 17.3. The Hall–Kier alpha value is -2.43. The van der Waals surface area contributed by atoms with Crippen molar-refractivity contribution in [3.63, 3.8) is 0 Å². The van der Waals surface area contributed by atoms with E-state index < -0.39 is 6.04 Å². The number of nitrogens with zero attached hydrogens (tertiary/aromatic N) is 2. The van der Waals surface area contributed by atoms with Crippen LogP contribution in [0.4, 0.5) is 0 Å². The Balaban J connectivity index is 2.10. The van der Waals surface area contributed by atoms with Gasteiger partial charge >= 0.3 is 0 Å². The highest BCUT2D eigenvalue weighted by Crippen LogP contribution is 2.23. The second-order valence-corrected chi connectivity index (χ2v) is 6.23. The number of piperazine rings is 1. The van der Waals surface area contributed by atoms with Crippen molar-refractivity contribution >= 4 is 22.7 Å². The molecule has 0 unspecified atom stereocenters. The molecule has 3 rings (SSSR count). The lowest BCUT2D eigenvalue weighted by molar-refractivity contribution is -0.127. The van der Waals surface area contributed by atoms with E-state index in [-0.39, 0.29) is 11.8 Å². The van der Waals surface area contributed by atoms with E-state index in [9.17, 15) is 9.59 Å². The minimum Gasteiger partial charge on any atom is -0.353 e. The van der Waals surface area contributed by atoms with E-state index >= 15 is 0 Å². The third-order valence-corrected chi connectivity index (χ3v) is 4.62. The van der Waals surface area contributed by atoms with Crippen molar-refractivity contribution in [3.8, 4) is 0 Å². The van der Waals surface area contributed by atoms with Gasteiger partial charge in [-0.3, -0.25) is 14.6 Å². The zero-order valence-corrected chi connectivity index (χ0v) is 14.4. The summed E-state index contributed by atoms with van der Waals surface area (Å²) in [4.78, 5) is 31.5. The van der Waals surface area contributed by atoms with Crippen LogP contribution < -0.4 is 5.32 Å². The lowest BCUT2D eigenvalue weighted by atomic mass is 10.0. The number of aromatic nitrogens is 1. The molecule has 1 aliphatic heterocycles. The average Bonchev–Trinajstić information content (AvgIpc) is 2.59. The van der Waals surface area contributed by atoms with Crippen molar-refractivity contribution in [2.45, 2.75) is 39.7 Å². The molecule has 2 aromatic rings. The molecule has 1 atom stereocenters. The summed E-state index contributed by atoms with van der Waals surface area (Å²) in [7, 11) is 0. The van der Waals surface area contributed by atoms with Gasteiger partial charge in [-0.05, 0) is 43.5 Å². The van der Waals surface area contributed by atoms with E-state index in [1.165, 1.54) is 5.56 Å². The highest BCUT2D eigenvalue weighted by atomic mass is 16.2. The molecule has 1 aromatic carbocycles. The number of hydrogen-bond donors (Lipinski definition) is 1. The summed E-state index contributed by atoms with van der Waals surface area (Å²) in [6, 6.07) is 7.50. The summed E-state index contributed by atoms with van der Waals surface area (Å²) in [5.41, 5.74) is 3.45. The van der Waals surface area contributed by atoms with Crippen LogP contribution in [0.3, 0.4) is 0 Å². The Labute approximate surface area is 142 Å². The monoisotopic (exact) mass is 325 g/mol. The van der Waals surface area contributed by atoms with E-state index in [1.54, 1.807) is 4.90 Å². The lowest BCUT2D eigenvalue weighted by Crippen LogP contribution is -2.56. The van der Waals surface area contributed by atoms with Gasteiger partial charge in [0.25, 0.3) is 5.91 Å². The number of amides is 2. The summed E-state index contributed by atoms with van der Waals surface area (Å²) < 4.78 is 0. The van der Waals surface area contributed by atoms with Crippen LogP contribution in [0.15, 0.2) is 24.3 Å². The largest absolute Gasteiger partial charge is 0.353 e. The molecule has 0 radical (unpaired) electrons. The summed E-state index contributed by atoms with van der Waals surface area (Å²) in [6.45, 7) is 6.96. The van der Waals surface area contributed by atoms with Crippen LogP contribution >= 0.6 is 0 Å². The Morgan fingerprint density at radius 1 is 1.33 bits per heavy atom. The summed E-state index contributed by atoms with van der Waals surface area (Å²) in [5.74, 6) is -0.151. The van der Waals surface area contributed by atoms with E-state index in [1.807, 2.05) is 38.1 Å². The fraction of sp³-hybridized carbons (Fsp3) is 0.421. The Morgan fingerprint density at radius 3 is 2.83 bits per heavy atom. The maximum Gasteiger partial charge on any atom is 0.255 e. The van der Waals surface area contributed by atoms with Crippen molar-refractivity contribution in [2.75, 3.05) is 13.1 Å². The average molecular weight is 325 g/mol. The molecule has 2 amide bonds. The van der Waals surface area contributed by atoms with Gasteiger partial charge in [-0.15, -0.1) is 0 Å². The minimum atomic E-state index is -0.399. The van der Waals surface area contributed by atoms with Crippen LogP contribution in [0, 0.1) is 6.92 Å². The van der Waals surface area contributed by atoms with Crippen LogP contribution in [-0.2, 0) is 11.2 Å². The normalized spacial score (nSPS) is 17.9. The quantitative estimate of drug-likeness (QED) is 0.943. The molecule has 1 N–H and O–H groups in total. The first-order valence-corrected chi connectivity index (χ1v) is 8.54. The first-order valence-electron chi connectivity index (χ1n) is 8.54. The van der Waals surface area contributed by atoms with Crippen molar-refractivity contribution in [3.05, 3.63) is 41.1 Å². The van der Waals surface area contributed by atoms with Gasteiger partial charge in [0.2, 0.25) is 5.91 Å². The minimum absolute atomic E-state index is 0.0681. The molecule has 1 fully saturated rings. The van der Waals surface area contributed by atoms with Crippen molar-refractivity contribution in [1.82, 2.24) is 15.2 Å². The number of nitrogens with one attached hydrogen (secondary N) is 1. The summed E-state index contributed by atoms with van der Waals surface area (Å²) in [5, 5.41) is 3.71. The maximum absolute atomic E-state index is 13.2. The SMILES string of the molecule is CCc1ccc2nc(C)cc(C(=O)N3CCNC(=O)[C@@H]3CC)c2c1. The van der Waals surface area contributed by atoms with Crippen LogP contribution in [0.5, 0.6) is 0 Å². The lowest BCUT2D eigenvalue weighted by Gasteiger charge is -2.34. The van der Waals surface area contributed by atoms with E-state index in [0.717, 1.165) is 23.0 Å². The molecule has 24 heavy (non-hydrogen) atoms. The Bertz CT molecular complexity index is 801. The second kappa shape index (κ2) is 6.59. The Kier molecular flexibility index (Phi) is 4.51. The van der Waals surface area contributed by atoms with Gasteiger partial charge in [0, 0.05) is 24.2 Å². The van der Waals surface area contributed by atoms with Gasteiger partial charge in [0.15, 0.2) is 0 Å². The maximum atomic E-state index is 13.2. The number of aryl methyl sites for hydroxylation is 2. The number of carbonyl (C=O) groups is 2. The number of pyridine rings is 1. The van der Waals surface area contributed by atoms with Gasteiger partial charge < -0.3 is 10.2 Å². The molecule has 1 saturated heterocycles. The molecule has 1 aliphatic rings. The summed E-state index contributed by atoms with van der Waals surface area (Å²) in [6.07, 6.45) is 1.51. The van der Waals surface area contributed by atoms with Gasteiger partial charge in [-0.1, -0.05) is 19.9 Å². The molecule has 0 saturated carbocycles. The molecule has 2 heterocycles. The molecule has 126 valence electrons. The molecule has 0 aliphatic carbocycles. The van der Waals surface area contributed by atoms with Gasteiger partial charge in [0.1, 0.15) is 6.04 Å². The topological polar surface area (TPSA) is 62.3 Å². The highest BCUT2D eigenvalue weighted by molar-refractivity contribution is 6.07. The molecule has 5 heteroatoms. The molecular weight excluding hydrogens is 302 g/mol. The van der Waals surface area contributed by atoms with Crippen LogP contribution in [0.2, 0.25) is 0 Å². The Morgan fingerprint density at radius 2 is 2.12 bits per heavy atom. The summed E-state index contributed by atoms with van der Waals surface area (Å²) >= 11 is 0. The third kappa shape index (κ3) is 2.86. The van der Waals surface area contributed by atoms with Gasteiger partial charge in [-0.25, -0.2) is 0 Å². The fourth-order valence-corrected chi connectivity index (χ4v) is 3.32. The third-order valence-electron chi connectivity index (χ3n) is 4.62. The van der Waals surface area contributed by atoms with E-state index in [4.69, 9.17) is 0 Å². The standard InChI is InChI=1S/C19H23N3O2/c1-4-13-6-7-16-14(11-13)15(10-12(3)21-16)19(24)22-9-8-20-18(23)17(22)5-2/h6-7,10-11,17H,4-5,8-9H2,1-3H3,(H,20,23)/t17-/m0/s1. The van der Waals surface area contributed by atoms with Gasteiger partial charge in [-0.2, -0.15) is 0 Å². The predicted molar refractivity (Wildman–Crippen MR) is 94.0 cm³/mol. The van der Waals surface area contributed by atoms with Crippen molar-refractivity contribution in [2.24, 2.45) is 0 Å².